The third kappa shape index (κ3) is 5.81. The standard InChI is InChI=1S/C29H33N3O3/c1-19-7-5-8-20(15-19)18-30-28(33)24-12-6-11-23(16-24)27(22-9-3-2-4-10-22)31-29(34)25-17-26(35-32-25)21-13-14-21/h5-8,11-12,15-17,21-22,27H,2-4,9-10,13-14,18H2,1H3,(H,30,33)(H,31,34). The molecule has 3 aromatic rings. The quantitative estimate of drug-likeness (QED) is 0.432. The van der Waals surface area contributed by atoms with Gasteiger partial charge in [0.25, 0.3) is 11.8 Å². The van der Waals surface area contributed by atoms with Crippen LogP contribution in [0.1, 0.15) is 100 Å². The lowest BCUT2D eigenvalue weighted by atomic mass is 9.80. The van der Waals surface area contributed by atoms with E-state index in [-0.39, 0.29) is 17.9 Å². The van der Waals surface area contributed by atoms with Gasteiger partial charge in [0, 0.05) is 24.1 Å². The van der Waals surface area contributed by atoms with E-state index in [1.807, 2.05) is 49.4 Å². The van der Waals surface area contributed by atoms with E-state index in [4.69, 9.17) is 4.52 Å². The van der Waals surface area contributed by atoms with Crippen molar-refractivity contribution >= 4 is 11.8 Å². The van der Waals surface area contributed by atoms with E-state index in [0.717, 1.165) is 55.4 Å². The third-order valence-corrected chi connectivity index (χ3v) is 7.19. The molecular formula is C29H33N3O3. The normalized spacial score (nSPS) is 17.1. The van der Waals surface area contributed by atoms with Crippen molar-refractivity contribution in [3.8, 4) is 0 Å². The highest BCUT2D eigenvalue weighted by Gasteiger charge is 2.31. The van der Waals surface area contributed by atoms with Crippen molar-refractivity contribution in [2.75, 3.05) is 0 Å². The van der Waals surface area contributed by atoms with Crippen LogP contribution in [0.25, 0.3) is 0 Å². The first-order chi connectivity index (χ1) is 17.1. The van der Waals surface area contributed by atoms with E-state index < -0.39 is 0 Å². The molecule has 1 atom stereocenters. The maximum atomic E-state index is 13.1. The number of nitrogens with one attached hydrogen (secondary N) is 2. The fourth-order valence-electron chi connectivity index (χ4n) is 5.09. The van der Waals surface area contributed by atoms with Gasteiger partial charge < -0.3 is 15.2 Å². The van der Waals surface area contributed by atoms with Crippen molar-refractivity contribution in [2.24, 2.45) is 5.92 Å². The van der Waals surface area contributed by atoms with Crippen LogP contribution in [0, 0.1) is 12.8 Å². The van der Waals surface area contributed by atoms with Crippen molar-refractivity contribution in [1.29, 1.82) is 0 Å². The summed E-state index contributed by atoms with van der Waals surface area (Å²) in [4.78, 5) is 26.1. The Bertz CT molecular complexity index is 1190. The molecule has 2 N–H and O–H groups in total. The molecule has 5 rings (SSSR count). The Morgan fingerprint density at radius 1 is 0.971 bits per heavy atom. The van der Waals surface area contributed by atoms with Gasteiger partial charge in [-0.25, -0.2) is 0 Å². The summed E-state index contributed by atoms with van der Waals surface area (Å²) < 4.78 is 5.40. The second-order valence-corrected chi connectivity index (χ2v) is 10.0. The summed E-state index contributed by atoms with van der Waals surface area (Å²) in [7, 11) is 0. The molecule has 2 aliphatic carbocycles. The Labute approximate surface area is 206 Å². The Balaban J connectivity index is 1.32. The summed E-state index contributed by atoms with van der Waals surface area (Å²) in [5, 5.41) is 10.3. The van der Waals surface area contributed by atoms with Gasteiger partial charge in [-0.1, -0.05) is 66.4 Å². The molecule has 1 aromatic heterocycles. The molecule has 182 valence electrons. The molecule has 6 heteroatoms. The van der Waals surface area contributed by atoms with Crippen LogP contribution >= 0.6 is 0 Å². The molecule has 2 aromatic carbocycles. The third-order valence-electron chi connectivity index (χ3n) is 7.19. The highest BCUT2D eigenvalue weighted by molar-refractivity contribution is 5.94. The Hall–Kier alpha value is -3.41. The number of carbonyl (C=O) groups is 2. The van der Waals surface area contributed by atoms with Crippen LogP contribution in [-0.2, 0) is 6.54 Å². The molecule has 35 heavy (non-hydrogen) atoms. The van der Waals surface area contributed by atoms with Gasteiger partial charge in [-0.15, -0.1) is 0 Å². The number of carbonyl (C=O) groups excluding carboxylic acids is 2. The van der Waals surface area contributed by atoms with Gasteiger partial charge >= 0.3 is 0 Å². The van der Waals surface area contributed by atoms with Crippen molar-refractivity contribution < 1.29 is 14.1 Å². The molecule has 0 spiro atoms. The molecule has 0 radical (unpaired) electrons. The molecule has 1 heterocycles. The molecule has 2 aliphatic rings. The fourth-order valence-corrected chi connectivity index (χ4v) is 5.09. The number of aromatic nitrogens is 1. The summed E-state index contributed by atoms with van der Waals surface area (Å²) in [6, 6.07) is 17.4. The second-order valence-electron chi connectivity index (χ2n) is 10.0. The molecule has 0 saturated heterocycles. The zero-order chi connectivity index (χ0) is 24.2. The van der Waals surface area contributed by atoms with Gasteiger partial charge in [0.2, 0.25) is 0 Å². The van der Waals surface area contributed by atoms with E-state index >= 15 is 0 Å². The first-order valence-corrected chi connectivity index (χ1v) is 12.8. The maximum absolute atomic E-state index is 13.1. The van der Waals surface area contributed by atoms with E-state index in [2.05, 4.69) is 21.9 Å². The topological polar surface area (TPSA) is 84.2 Å². The number of benzene rings is 2. The minimum Gasteiger partial charge on any atom is -0.360 e. The lowest BCUT2D eigenvalue weighted by Crippen LogP contribution is -2.35. The van der Waals surface area contributed by atoms with Crippen molar-refractivity contribution in [3.05, 3.63) is 88.3 Å². The second kappa shape index (κ2) is 10.5. The average molecular weight is 472 g/mol. The Morgan fingerprint density at radius 3 is 2.54 bits per heavy atom. The predicted molar refractivity (Wildman–Crippen MR) is 134 cm³/mol. The maximum Gasteiger partial charge on any atom is 0.273 e. The summed E-state index contributed by atoms with van der Waals surface area (Å²) in [6.45, 7) is 2.52. The van der Waals surface area contributed by atoms with Gasteiger partial charge in [0.1, 0.15) is 5.76 Å². The SMILES string of the molecule is Cc1cccc(CNC(=O)c2cccc(C(NC(=O)c3cc(C4CC4)on3)C3CCCCC3)c2)c1. The molecule has 2 amide bonds. The summed E-state index contributed by atoms with van der Waals surface area (Å²) in [5.74, 6) is 1.20. The minimum absolute atomic E-state index is 0.118. The monoisotopic (exact) mass is 471 g/mol. The molecule has 6 nitrogen and oxygen atoms in total. The number of amides is 2. The predicted octanol–water partition coefficient (Wildman–Crippen LogP) is 5.84. The number of hydrogen-bond acceptors (Lipinski definition) is 4. The number of aryl methyl sites for hydroxylation is 1. The first-order valence-electron chi connectivity index (χ1n) is 12.8. The van der Waals surface area contributed by atoms with E-state index in [1.54, 1.807) is 6.07 Å². The number of rotatable bonds is 8. The van der Waals surface area contributed by atoms with Crippen molar-refractivity contribution in [3.63, 3.8) is 0 Å². The summed E-state index contributed by atoms with van der Waals surface area (Å²) in [5.41, 5.74) is 4.13. The van der Waals surface area contributed by atoms with Crippen LogP contribution in [0.4, 0.5) is 0 Å². The van der Waals surface area contributed by atoms with Crippen LogP contribution in [-0.4, -0.2) is 17.0 Å². The first kappa shape index (κ1) is 23.3. The number of nitrogens with zero attached hydrogens (tertiary/aromatic N) is 1. The van der Waals surface area contributed by atoms with Gasteiger partial charge in [0.15, 0.2) is 5.69 Å². The highest BCUT2D eigenvalue weighted by Crippen LogP contribution is 2.40. The molecular weight excluding hydrogens is 438 g/mol. The van der Waals surface area contributed by atoms with Crippen molar-refractivity contribution in [2.45, 2.75) is 70.4 Å². The fraction of sp³-hybridized carbons (Fsp3) is 0.414. The average Bonchev–Trinajstić information content (AvgIpc) is 3.62. The van der Waals surface area contributed by atoms with Gasteiger partial charge in [0.05, 0.1) is 6.04 Å². The van der Waals surface area contributed by atoms with Crippen LogP contribution in [0.15, 0.2) is 59.1 Å². The van der Waals surface area contributed by atoms with Crippen LogP contribution in [0.2, 0.25) is 0 Å². The summed E-state index contributed by atoms with van der Waals surface area (Å²) in [6.07, 6.45) is 7.85. The zero-order valence-corrected chi connectivity index (χ0v) is 20.3. The summed E-state index contributed by atoms with van der Waals surface area (Å²) >= 11 is 0. The van der Waals surface area contributed by atoms with E-state index in [1.165, 1.54) is 12.0 Å². The smallest absolute Gasteiger partial charge is 0.273 e. The molecule has 0 aliphatic heterocycles. The van der Waals surface area contributed by atoms with Gasteiger partial charge in [-0.2, -0.15) is 0 Å². The number of hydrogen-bond donors (Lipinski definition) is 2. The minimum atomic E-state index is -0.217. The van der Waals surface area contributed by atoms with Crippen LogP contribution < -0.4 is 10.6 Å². The zero-order valence-electron chi connectivity index (χ0n) is 20.3. The van der Waals surface area contributed by atoms with Crippen LogP contribution in [0.5, 0.6) is 0 Å². The van der Waals surface area contributed by atoms with Gasteiger partial charge in [-0.3, -0.25) is 9.59 Å². The molecule has 0 bridgehead atoms. The lowest BCUT2D eigenvalue weighted by molar-refractivity contribution is 0.0903. The largest absolute Gasteiger partial charge is 0.360 e. The van der Waals surface area contributed by atoms with Gasteiger partial charge in [-0.05, 0) is 61.8 Å². The van der Waals surface area contributed by atoms with E-state index in [9.17, 15) is 9.59 Å². The molecule has 2 fully saturated rings. The Morgan fingerprint density at radius 2 is 1.77 bits per heavy atom. The Kier molecular flexibility index (Phi) is 6.98. The van der Waals surface area contributed by atoms with Crippen molar-refractivity contribution in [1.82, 2.24) is 15.8 Å². The molecule has 2 saturated carbocycles. The molecule has 1 unspecified atom stereocenters. The van der Waals surface area contributed by atoms with E-state index in [0.29, 0.717) is 29.6 Å². The highest BCUT2D eigenvalue weighted by atomic mass is 16.5. The lowest BCUT2D eigenvalue weighted by Gasteiger charge is -2.31. The van der Waals surface area contributed by atoms with Crippen LogP contribution in [0.3, 0.4) is 0 Å².